The number of rotatable bonds is 5. The molecule has 120 valence electrons. The predicted octanol–water partition coefficient (Wildman–Crippen LogP) is 2.63. The quantitative estimate of drug-likeness (QED) is 0.784. The number of imide groups is 1. The van der Waals surface area contributed by atoms with Gasteiger partial charge in [-0.1, -0.05) is 6.07 Å². The molecule has 0 radical (unpaired) electrons. The van der Waals surface area contributed by atoms with E-state index in [4.69, 9.17) is 9.47 Å². The number of halogens is 1. The standard InChI is InChI=1S/C15H12BrNO5S/c1-21-9-4-5-11(16)10(7-9)15(20)22-8-13(18)17-14(19)12-3-2-6-23-12/h2-7H,8H2,1H3,(H,17,18,19). The Morgan fingerprint density at radius 1 is 1.26 bits per heavy atom. The number of ether oxygens (including phenoxy) is 2. The zero-order valence-electron chi connectivity index (χ0n) is 12.0. The van der Waals surface area contributed by atoms with Crippen LogP contribution in [0.3, 0.4) is 0 Å². The van der Waals surface area contributed by atoms with Gasteiger partial charge in [0.15, 0.2) is 6.61 Å². The molecular formula is C15H12BrNO5S. The summed E-state index contributed by atoms with van der Waals surface area (Å²) < 4.78 is 10.4. The van der Waals surface area contributed by atoms with Crippen molar-refractivity contribution in [2.45, 2.75) is 0 Å². The van der Waals surface area contributed by atoms with Gasteiger partial charge in [-0.2, -0.15) is 0 Å². The highest BCUT2D eigenvalue weighted by Crippen LogP contribution is 2.23. The molecule has 1 heterocycles. The van der Waals surface area contributed by atoms with Crippen molar-refractivity contribution >= 4 is 45.1 Å². The average Bonchev–Trinajstić information content (AvgIpc) is 3.07. The lowest BCUT2D eigenvalue weighted by Crippen LogP contribution is -2.33. The van der Waals surface area contributed by atoms with Crippen LogP contribution in [-0.4, -0.2) is 31.5 Å². The molecule has 2 amide bonds. The number of hydrogen-bond donors (Lipinski definition) is 1. The Morgan fingerprint density at radius 3 is 2.70 bits per heavy atom. The number of benzene rings is 1. The molecule has 0 aliphatic rings. The molecule has 0 fully saturated rings. The number of amides is 2. The molecule has 2 aromatic rings. The van der Waals surface area contributed by atoms with E-state index in [0.29, 0.717) is 15.1 Å². The van der Waals surface area contributed by atoms with Crippen molar-refractivity contribution in [3.63, 3.8) is 0 Å². The third-order valence-electron chi connectivity index (χ3n) is 2.73. The molecule has 0 spiro atoms. The fourth-order valence-electron chi connectivity index (χ4n) is 1.63. The number of hydrogen-bond acceptors (Lipinski definition) is 6. The summed E-state index contributed by atoms with van der Waals surface area (Å²) >= 11 is 4.43. The molecule has 0 atom stereocenters. The molecule has 0 aliphatic heterocycles. The molecular weight excluding hydrogens is 386 g/mol. The van der Waals surface area contributed by atoms with E-state index in [9.17, 15) is 14.4 Å². The van der Waals surface area contributed by atoms with Crippen molar-refractivity contribution in [1.29, 1.82) is 0 Å². The number of methoxy groups -OCH3 is 1. The van der Waals surface area contributed by atoms with Gasteiger partial charge in [0.05, 0.1) is 17.6 Å². The Balaban J connectivity index is 1.91. The van der Waals surface area contributed by atoms with Crippen LogP contribution >= 0.6 is 27.3 Å². The lowest BCUT2D eigenvalue weighted by molar-refractivity contribution is -0.123. The smallest absolute Gasteiger partial charge is 0.339 e. The van der Waals surface area contributed by atoms with Gasteiger partial charge in [-0.25, -0.2) is 4.79 Å². The molecule has 0 unspecified atom stereocenters. The van der Waals surface area contributed by atoms with Gasteiger partial charge in [-0.05, 0) is 45.6 Å². The van der Waals surface area contributed by atoms with Crippen LogP contribution in [-0.2, 0) is 9.53 Å². The Hall–Kier alpha value is -2.19. The summed E-state index contributed by atoms with van der Waals surface area (Å²) in [7, 11) is 1.47. The fourth-order valence-corrected chi connectivity index (χ4v) is 2.66. The molecule has 6 nitrogen and oxygen atoms in total. The molecule has 0 aliphatic carbocycles. The number of esters is 1. The van der Waals surface area contributed by atoms with E-state index in [1.807, 2.05) is 0 Å². The molecule has 23 heavy (non-hydrogen) atoms. The van der Waals surface area contributed by atoms with Crippen LogP contribution in [0, 0.1) is 0 Å². The molecule has 0 saturated heterocycles. The van der Waals surface area contributed by atoms with Crippen LogP contribution in [0.25, 0.3) is 0 Å². The van der Waals surface area contributed by atoms with Crippen molar-refractivity contribution in [2.75, 3.05) is 13.7 Å². The van der Waals surface area contributed by atoms with E-state index in [0.717, 1.165) is 0 Å². The first kappa shape index (κ1) is 17.2. The van der Waals surface area contributed by atoms with Gasteiger partial charge in [0.1, 0.15) is 5.75 Å². The summed E-state index contributed by atoms with van der Waals surface area (Å²) in [5, 5.41) is 3.87. The highest BCUT2D eigenvalue weighted by atomic mass is 79.9. The van der Waals surface area contributed by atoms with Crippen LogP contribution in [0.2, 0.25) is 0 Å². The monoisotopic (exact) mass is 397 g/mol. The van der Waals surface area contributed by atoms with E-state index >= 15 is 0 Å². The first-order valence-electron chi connectivity index (χ1n) is 6.39. The SMILES string of the molecule is COc1ccc(Br)c(C(=O)OCC(=O)NC(=O)c2cccs2)c1. The second kappa shape index (κ2) is 7.89. The fraction of sp³-hybridized carbons (Fsp3) is 0.133. The van der Waals surface area contributed by atoms with Gasteiger partial charge in [-0.3, -0.25) is 14.9 Å². The zero-order valence-corrected chi connectivity index (χ0v) is 14.4. The number of carbonyl (C=O) groups is 3. The summed E-state index contributed by atoms with van der Waals surface area (Å²) in [6.07, 6.45) is 0. The van der Waals surface area contributed by atoms with Gasteiger partial charge >= 0.3 is 5.97 Å². The Bertz CT molecular complexity index is 729. The van der Waals surface area contributed by atoms with Crippen LogP contribution in [0.1, 0.15) is 20.0 Å². The zero-order chi connectivity index (χ0) is 16.8. The van der Waals surface area contributed by atoms with Crippen molar-refractivity contribution in [2.24, 2.45) is 0 Å². The summed E-state index contributed by atoms with van der Waals surface area (Å²) in [6.45, 7) is -0.556. The van der Waals surface area contributed by atoms with Crippen molar-refractivity contribution in [3.8, 4) is 5.75 Å². The van der Waals surface area contributed by atoms with Crippen LogP contribution in [0.5, 0.6) is 5.75 Å². The van der Waals surface area contributed by atoms with Gasteiger partial charge in [-0.15, -0.1) is 11.3 Å². The van der Waals surface area contributed by atoms with E-state index < -0.39 is 24.4 Å². The molecule has 1 N–H and O–H groups in total. The normalized spacial score (nSPS) is 10.0. The van der Waals surface area contributed by atoms with Crippen LogP contribution in [0.15, 0.2) is 40.2 Å². The summed E-state index contributed by atoms with van der Waals surface area (Å²) in [5.41, 5.74) is 0.224. The van der Waals surface area contributed by atoms with Gasteiger partial charge in [0, 0.05) is 4.47 Å². The molecule has 0 bridgehead atoms. The minimum atomic E-state index is -0.700. The van der Waals surface area contributed by atoms with Crippen LogP contribution < -0.4 is 10.1 Å². The highest BCUT2D eigenvalue weighted by molar-refractivity contribution is 9.10. The minimum Gasteiger partial charge on any atom is -0.497 e. The van der Waals surface area contributed by atoms with E-state index in [1.54, 1.807) is 29.6 Å². The predicted molar refractivity (Wildman–Crippen MR) is 87.8 cm³/mol. The second-order valence-electron chi connectivity index (χ2n) is 4.28. The van der Waals surface area contributed by atoms with Crippen molar-refractivity contribution in [3.05, 3.63) is 50.6 Å². The van der Waals surface area contributed by atoms with Gasteiger partial charge in [0.25, 0.3) is 11.8 Å². The molecule has 1 aromatic heterocycles. The Labute approximate surface area is 144 Å². The third-order valence-corrected chi connectivity index (χ3v) is 4.29. The topological polar surface area (TPSA) is 81.7 Å². The van der Waals surface area contributed by atoms with Gasteiger partial charge < -0.3 is 9.47 Å². The minimum absolute atomic E-state index is 0.224. The maximum absolute atomic E-state index is 12.0. The third kappa shape index (κ3) is 4.64. The second-order valence-corrected chi connectivity index (χ2v) is 6.08. The first-order valence-corrected chi connectivity index (χ1v) is 8.07. The van der Waals surface area contributed by atoms with Crippen LogP contribution in [0.4, 0.5) is 0 Å². The first-order chi connectivity index (χ1) is 11.0. The largest absolute Gasteiger partial charge is 0.497 e. The summed E-state index contributed by atoms with van der Waals surface area (Å²) in [6, 6.07) is 8.08. The lowest BCUT2D eigenvalue weighted by Gasteiger charge is -2.08. The van der Waals surface area contributed by atoms with E-state index in [1.165, 1.54) is 24.5 Å². The average molecular weight is 398 g/mol. The van der Waals surface area contributed by atoms with E-state index in [2.05, 4.69) is 21.2 Å². The van der Waals surface area contributed by atoms with Gasteiger partial charge in [0.2, 0.25) is 0 Å². The molecule has 0 saturated carbocycles. The van der Waals surface area contributed by atoms with Crippen molar-refractivity contribution in [1.82, 2.24) is 5.32 Å². The number of thiophene rings is 1. The van der Waals surface area contributed by atoms with E-state index in [-0.39, 0.29) is 5.56 Å². The molecule has 1 aromatic carbocycles. The summed E-state index contributed by atoms with van der Waals surface area (Å²) in [4.78, 5) is 35.7. The maximum atomic E-state index is 12.0. The number of carbonyl (C=O) groups excluding carboxylic acids is 3. The van der Waals surface area contributed by atoms with Crippen molar-refractivity contribution < 1.29 is 23.9 Å². The maximum Gasteiger partial charge on any atom is 0.339 e. The molecule has 8 heteroatoms. The summed E-state index contributed by atoms with van der Waals surface area (Å²) in [5.74, 6) is -1.44. The Kier molecular flexibility index (Phi) is 5.89. The Morgan fingerprint density at radius 2 is 2.04 bits per heavy atom. The molecule has 2 rings (SSSR count). The number of nitrogens with one attached hydrogen (secondary N) is 1. The highest BCUT2D eigenvalue weighted by Gasteiger charge is 2.16. The lowest BCUT2D eigenvalue weighted by atomic mass is 10.2.